The van der Waals surface area contributed by atoms with Crippen molar-refractivity contribution in [3.8, 4) is 0 Å². The van der Waals surface area contributed by atoms with Gasteiger partial charge >= 0.3 is 0 Å². The van der Waals surface area contributed by atoms with Crippen molar-refractivity contribution in [2.45, 2.75) is 20.3 Å². The molecule has 0 saturated heterocycles. The van der Waals surface area contributed by atoms with Crippen LogP contribution in [-0.4, -0.2) is 24.5 Å². The summed E-state index contributed by atoms with van der Waals surface area (Å²) in [7, 11) is -0.350. The van der Waals surface area contributed by atoms with Crippen LogP contribution in [0.3, 0.4) is 0 Å². The third kappa shape index (κ3) is 2.56. The van der Waals surface area contributed by atoms with Gasteiger partial charge in [0.1, 0.15) is 0 Å². The molecule has 0 aromatic rings. The van der Waals surface area contributed by atoms with Gasteiger partial charge in [0.25, 0.3) is 0 Å². The van der Waals surface area contributed by atoms with Gasteiger partial charge in [-0.1, -0.05) is 30.7 Å². The highest BCUT2D eigenvalue weighted by Gasteiger charge is 2.40. The van der Waals surface area contributed by atoms with Crippen molar-refractivity contribution in [1.29, 1.82) is 0 Å². The summed E-state index contributed by atoms with van der Waals surface area (Å²) >= 11 is 0. The Labute approximate surface area is 103 Å². The first-order valence-electron chi connectivity index (χ1n) is 6.39. The van der Waals surface area contributed by atoms with Crippen molar-refractivity contribution in [2.75, 3.05) is 24.5 Å². The van der Waals surface area contributed by atoms with Gasteiger partial charge in [-0.3, -0.25) is 0 Å². The van der Waals surface area contributed by atoms with Gasteiger partial charge in [0.15, 0.2) is 0 Å². The van der Waals surface area contributed by atoms with E-state index in [0.29, 0.717) is 0 Å². The third-order valence-corrected chi connectivity index (χ3v) is 5.50. The van der Waals surface area contributed by atoms with Crippen LogP contribution < -0.4 is 0 Å². The van der Waals surface area contributed by atoms with Crippen molar-refractivity contribution >= 4 is 10.0 Å². The molecule has 0 nitrogen and oxygen atoms in total. The van der Waals surface area contributed by atoms with Crippen LogP contribution in [0.1, 0.15) is 20.3 Å². The van der Waals surface area contributed by atoms with Crippen LogP contribution in [0, 0.1) is 23.7 Å². The molecule has 16 heavy (non-hydrogen) atoms. The highest BCUT2D eigenvalue weighted by Crippen LogP contribution is 2.50. The monoisotopic (exact) mass is 238 g/mol. The van der Waals surface area contributed by atoms with E-state index in [2.05, 4.69) is 50.8 Å². The number of hydrogen-bond acceptors (Lipinski definition) is 0. The second-order valence-electron chi connectivity index (χ2n) is 6.66. The molecule has 2 aliphatic carbocycles. The molecular formula is C15H26S. The Hall–Kier alpha value is -0.170. The Balaban J connectivity index is 2.13. The van der Waals surface area contributed by atoms with Crippen molar-refractivity contribution in [2.24, 2.45) is 23.7 Å². The molecule has 0 bridgehead atoms. The zero-order valence-corrected chi connectivity index (χ0v) is 12.2. The van der Waals surface area contributed by atoms with E-state index in [-0.39, 0.29) is 10.0 Å². The molecule has 0 aliphatic heterocycles. The minimum absolute atomic E-state index is 0.350. The summed E-state index contributed by atoms with van der Waals surface area (Å²) < 4.78 is 0. The van der Waals surface area contributed by atoms with Crippen molar-refractivity contribution in [1.82, 2.24) is 0 Å². The minimum Gasteiger partial charge on any atom is -0.249 e. The maximum absolute atomic E-state index is 2.52. The Bertz CT molecular complexity index is 319. The lowest BCUT2D eigenvalue weighted by atomic mass is 9.83. The van der Waals surface area contributed by atoms with Crippen molar-refractivity contribution in [3.05, 3.63) is 23.8 Å². The standard InChI is InChI=1S/C15H26S/c1-11-6-7-14-13(10-16(3,4)5)9-12(2)15(14)8-11/h6-8,12-15H,9-10H2,1-5H3. The molecule has 4 unspecified atom stereocenters. The molecule has 1 fully saturated rings. The second kappa shape index (κ2) is 4.25. The van der Waals surface area contributed by atoms with Gasteiger partial charge in [-0.25, -0.2) is 10.0 Å². The second-order valence-corrected chi connectivity index (χ2v) is 11.2. The maximum atomic E-state index is 2.52. The molecule has 0 radical (unpaired) electrons. The quantitative estimate of drug-likeness (QED) is 0.680. The van der Waals surface area contributed by atoms with E-state index in [4.69, 9.17) is 0 Å². The topological polar surface area (TPSA) is 0 Å². The van der Waals surface area contributed by atoms with Gasteiger partial charge in [-0.15, -0.1) is 0 Å². The predicted molar refractivity (Wildman–Crippen MR) is 77.4 cm³/mol. The van der Waals surface area contributed by atoms with Gasteiger partial charge in [0.05, 0.1) is 0 Å². The lowest BCUT2D eigenvalue weighted by molar-refractivity contribution is 0.427. The molecule has 0 amide bonds. The molecule has 0 heterocycles. The average molecular weight is 238 g/mol. The molecule has 4 atom stereocenters. The maximum Gasteiger partial charge on any atom is -0.0129 e. The molecule has 2 aliphatic rings. The third-order valence-electron chi connectivity index (χ3n) is 4.07. The molecule has 0 aromatic carbocycles. The molecule has 1 saturated carbocycles. The van der Waals surface area contributed by atoms with E-state index in [9.17, 15) is 0 Å². The molecule has 0 spiro atoms. The molecular weight excluding hydrogens is 212 g/mol. The Kier molecular flexibility index (Phi) is 3.27. The normalized spacial score (nSPS) is 39.4. The van der Waals surface area contributed by atoms with E-state index in [1.165, 1.54) is 17.7 Å². The van der Waals surface area contributed by atoms with E-state index < -0.39 is 0 Å². The number of fused-ring (bicyclic) bond motifs is 1. The highest BCUT2D eigenvalue weighted by atomic mass is 32.3. The van der Waals surface area contributed by atoms with Crippen LogP contribution >= 0.6 is 10.0 Å². The summed E-state index contributed by atoms with van der Waals surface area (Å²) in [5.41, 5.74) is 1.47. The summed E-state index contributed by atoms with van der Waals surface area (Å²) in [6.45, 7) is 4.68. The fraction of sp³-hybridized carbons (Fsp3) is 0.733. The van der Waals surface area contributed by atoms with E-state index >= 15 is 0 Å². The molecule has 2 rings (SSSR count). The lowest BCUT2D eigenvalue weighted by Crippen LogP contribution is -2.20. The Morgan fingerprint density at radius 1 is 1.25 bits per heavy atom. The predicted octanol–water partition coefficient (Wildman–Crippen LogP) is 4.08. The van der Waals surface area contributed by atoms with E-state index in [1.54, 1.807) is 0 Å². The van der Waals surface area contributed by atoms with Crippen LogP contribution in [0.2, 0.25) is 0 Å². The number of hydrogen-bond donors (Lipinski definition) is 0. The van der Waals surface area contributed by atoms with Crippen molar-refractivity contribution in [3.63, 3.8) is 0 Å². The van der Waals surface area contributed by atoms with Crippen LogP contribution in [0.15, 0.2) is 23.8 Å². The SMILES string of the molecule is CC1=CC2C(C)CC(CS(C)(C)C)C2C=C1. The summed E-state index contributed by atoms with van der Waals surface area (Å²) in [5.74, 6) is 4.95. The van der Waals surface area contributed by atoms with Gasteiger partial charge in [-0.05, 0) is 61.5 Å². The summed E-state index contributed by atoms with van der Waals surface area (Å²) in [6.07, 6.45) is 16.2. The smallest absolute Gasteiger partial charge is 0.0129 e. The molecule has 1 heteroatoms. The number of rotatable bonds is 2. The van der Waals surface area contributed by atoms with Crippen molar-refractivity contribution < 1.29 is 0 Å². The summed E-state index contributed by atoms with van der Waals surface area (Å²) in [5, 5.41) is 0. The largest absolute Gasteiger partial charge is 0.249 e. The van der Waals surface area contributed by atoms with Gasteiger partial charge in [-0.2, -0.15) is 0 Å². The van der Waals surface area contributed by atoms with Crippen LogP contribution in [0.25, 0.3) is 0 Å². The van der Waals surface area contributed by atoms with Crippen LogP contribution in [-0.2, 0) is 0 Å². The first kappa shape index (κ1) is 12.3. The fourth-order valence-electron chi connectivity index (χ4n) is 3.49. The number of allylic oxidation sites excluding steroid dienone is 4. The average Bonchev–Trinajstić information content (AvgIpc) is 2.40. The van der Waals surface area contributed by atoms with Gasteiger partial charge < -0.3 is 0 Å². The summed E-state index contributed by atoms with van der Waals surface area (Å²) in [6, 6.07) is 0. The molecule has 92 valence electrons. The van der Waals surface area contributed by atoms with Crippen LogP contribution in [0.4, 0.5) is 0 Å². The molecule has 0 N–H and O–H groups in total. The highest BCUT2D eigenvalue weighted by molar-refractivity contribution is 8.32. The van der Waals surface area contributed by atoms with Gasteiger partial charge in [0.2, 0.25) is 0 Å². The zero-order chi connectivity index (χ0) is 11.9. The first-order chi connectivity index (χ1) is 7.37. The lowest BCUT2D eigenvalue weighted by Gasteiger charge is -2.32. The minimum atomic E-state index is -0.350. The zero-order valence-electron chi connectivity index (χ0n) is 11.4. The molecule has 0 aromatic heterocycles. The van der Waals surface area contributed by atoms with Gasteiger partial charge in [0, 0.05) is 0 Å². The van der Waals surface area contributed by atoms with E-state index in [1.807, 2.05) is 0 Å². The summed E-state index contributed by atoms with van der Waals surface area (Å²) in [4.78, 5) is 0. The van der Waals surface area contributed by atoms with Crippen LogP contribution in [0.5, 0.6) is 0 Å². The van der Waals surface area contributed by atoms with E-state index in [0.717, 1.165) is 23.7 Å². The Morgan fingerprint density at radius 2 is 1.94 bits per heavy atom. The first-order valence-corrected chi connectivity index (χ1v) is 9.42. The Morgan fingerprint density at radius 3 is 2.56 bits per heavy atom. The fourth-order valence-corrected chi connectivity index (χ4v) is 5.13.